The van der Waals surface area contributed by atoms with Crippen LogP contribution in [0.3, 0.4) is 0 Å². The first-order valence-corrected chi connectivity index (χ1v) is 14.7. The Morgan fingerprint density at radius 2 is 2.00 bits per heavy atom. The van der Waals surface area contributed by atoms with Gasteiger partial charge in [0.05, 0.1) is 22.5 Å². The van der Waals surface area contributed by atoms with Crippen LogP contribution < -0.4 is 10.3 Å². The number of nitrogens with one attached hydrogen (secondary N) is 1. The van der Waals surface area contributed by atoms with Gasteiger partial charge in [0.15, 0.2) is 0 Å². The number of fused-ring (bicyclic) bond motifs is 2. The summed E-state index contributed by atoms with van der Waals surface area (Å²) in [6.07, 6.45) is 4.16. The zero-order valence-corrected chi connectivity index (χ0v) is 25.9. The molecule has 0 fully saturated rings. The monoisotopic (exact) mass is 573 g/mol. The molecule has 4 atom stereocenters. The van der Waals surface area contributed by atoms with E-state index in [2.05, 4.69) is 79.1 Å². The lowest BCUT2D eigenvalue weighted by atomic mass is 9.55. The number of aryl methyl sites for hydroxylation is 2. The normalized spacial score (nSPS) is 23.2. The van der Waals surface area contributed by atoms with Gasteiger partial charge in [-0.2, -0.15) is 0 Å². The third kappa shape index (κ3) is 5.19. The van der Waals surface area contributed by atoms with Crippen LogP contribution in [0.25, 0.3) is 6.08 Å². The minimum absolute atomic E-state index is 0.0346. The fraction of sp³-hybridized carbons (Fsp3) is 0.515. The molecule has 2 unspecified atom stereocenters. The number of hydrogen-bond acceptors (Lipinski definition) is 6. The van der Waals surface area contributed by atoms with Gasteiger partial charge in [0.1, 0.15) is 11.9 Å². The molecule has 1 aliphatic heterocycles. The Bertz CT molecular complexity index is 1590. The number of nitrogens with zero attached hydrogens (tertiary/aromatic N) is 4. The van der Waals surface area contributed by atoms with Crippen LogP contribution in [0.4, 0.5) is 0 Å². The standard InChI is InChI=1S/C33H43N5O4/c1-19(2)27-18-38(17-24-26(42-27)11-12-28(39)34-24)16-23-15-22(10-9-20(23)3)30(32(5,6)31(40)41)33(7)14-13-25-29(21(33)4)35-36-37(25)8/h9-15,19,21,27,30H,16-18H2,1-8H3,(H,34,39)(H,40,41)/t21?,27-,30-,33?/m1/s1. The Balaban J connectivity index is 1.56. The smallest absolute Gasteiger partial charge is 0.309 e. The number of hydrogen-bond donors (Lipinski definition) is 2. The molecule has 2 aromatic heterocycles. The highest BCUT2D eigenvalue weighted by Crippen LogP contribution is 2.57. The van der Waals surface area contributed by atoms with Crippen molar-refractivity contribution < 1.29 is 14.6 Å². The van der Waals surface area contributed by atoms with Crippen molar-refractivity contribution in [1.82, 2.24) is 24.9 Å². The summed E-state index contributed by atoms with van der Waals surface area (Å²) in [5.74, 6) is -0.243. The van der Waals surface area contributed by atoms with Crippen molar-refractivity contribution in [2.75, 3.05) is 6.54 Å². The van der Waals surface area contributed by atoms with E-state index < -0.39 is 16.8 Å². The first kappa shape index (κ1) is 29.8. The van der Waals surface area contributed by atoms with Gasteiger partial charge in [-0.25, -0.2) is 4.68 Å². The topological polar surface area (TPSA) is 113 Å². The molecule has 5 rings (SSSR count). The van der Waals surface area contributed by atoms with Crippen LogP contribution in [0.15, 0.2) is 41.2 Å². The number of H-pyrrole nitrogens is 1. The Morgan fingerprint density at radius 1 is 1.26 bits per heavy atom. The van der Waals surface area contributed by atoms with E-state index in [9.17, 15) is 14.7 Å². The summed E-state index contributed by atoms with van der Waals surface area (Å²) >= 11 is 0. The summed E-state index contributed by atoms with van der Waals surface area (Å²) in [4.78, 5) is 30.3. The maximum atomic E-state index is 12.8. The molecule has 0 bridgehead atoms. The first-order valence-electron chi connectivity index (χ1n) is 14.7. The highest BCUT2D eigenvalue weighted by Gasteiger charge is 2.52. The number of aromatic nitrogens is 4. The largest absolute Gasteiger partial charge is 0.487 e. The number of benzene rings is 1. The number of carboxylic acids is 1. The van der Waals surface area contributed by atoms with Gasteiger partial charge in [0, 0.05) is 50.0 Å². The molecule has 2 aliphatic rings. The Hall–Kier alpha value is -3.72. The second-order valence-electron chi connectivity index (χ2n) is 13.3. The van der Waals surface area contributed by atoms with Gasteiger partial charge < -0.3 is 14.8 Å². The van der Waals surface area contributed by atoms with Crippen molar-refractivity contribution in [2.45, 2.75) is 79.5 Å². The van der Waals surface area contributed by atoms with Crippen molar-refractivity contribution in [2.24, 2.45) is 23.8 Å². The van der Waals surface area contributed by atoms with Crippen molar-refractivity contribution in [3.05, 3.63) is 80.5 Å². The fourth-order valence-corrected chi connectivity index (χ4v) is 6.83. The summed E-state index contributed by atoms with van der Waals surface area (Å²) in [5.41, 5.74) is 4.10. The number of rotatable bonds is 7. The van der Waals surface area contributed by atoms with Crippen molar-refractivity contribution >= 4 is 12.0 Å². The highest BCUT2D eigenvalue weighted by molar-refractivity contribution is 5.76. The molecule has 3 aromatic rings. The number of ether oxygens (including phenoxy) is 1. The van der Waals surface area contributed by atoms with Crippen LogP contribution in [0, 0.1) is 23.7 Å². The van der Waals surface area contributed by atoms with Crippen LogP contribution >= 0.6 is 0 Å². The molecular weight excluding hydrogens is 530 g/mol. The molecular formula is C33H43N5O4. The average molecular weight is 574 g/mol. The first-order chi connectivity index (χ1) is 19.7. The SMILES string of the molecule is Cc1ccc([C@H](C(C)(C)C(=O)O)C2(C)C=Cc3c(nnn3C)C2C)cc1CN1Cc2[nH]c(=O)ccc2O[C@@H](C(C)C)C1. The molecule has 0 radical (unpaired) electrons. The number of aliphatic carboxylic acids is 1. The molecule has 1 aliphatic carbocycles. The van der Waals surface area contributed by atoms with E-state index in [1.165, 1.54) is 6.07 Å². The third-order valence-corrected chi connectivity index (χ3v) is 9.64. The van der Waals surface area contributed by atoms with E-state index in [0.717, 1.165) is 39.5 Å². The van der Waals surface area contributed by atoms with E-state index in [0.29, 0.717) is 19.6 Å². The zero-order valence-electron chi connectivity index (χ0n) is 25.9. The summed E-state index contributed by atoms with van der Waals surface area (Å²) in [6, 6.07) is 9.65. The van der Waals surface area contributed by atoms with Gasteiger partial charge in [-0.1, -0.05) is 57.2 Å². The van der Waals surface area contributed by atoms with E-state index in [1.54, 1.807) is 10.7 Å². The third-order valence-electron chi connectivity index (χ3n) is 9.64. The maximum absolute atomic E-state index is 12.8. The lowest BCUT2D eigenvalue weighted by Gasteiger charge is -2.47. The van der Waals surface area contributed by atoms with Crippen LogP contribution in [-0.4, -0.2) is 48.6 Å². The summed E-state index contributed by atoms with van der Waals surface area (Å²) in [7, 11) is 1.88. The highest BCUT2D eigenvalue weighted by atomic mass is 16.5. The van der Waals surface area contributed by atoms with Crippen LogP contribution in [0.2, 0.25) is 0 Å². The Kier molecular flexibility index (Phi) is 7.68. The number of carbonyl (C=O) groups is 1. The van der Waals surface area contributed by atoms with Crippen LogP contribution in [0.5, 0.6) is 5.75 Å². The fourth-order valence-electron chi connectivity index (χ4n) is 6.83. The van der Waals surface area contributed by atoms with Crippen LogP contribution in [0.1, 0.15) is 87.2 Å². The lowest BCUT2D eigenvalue weighted by Crippen LogP contribution is -2.43. The molecule has 42 heavy (non-hydrogen) atoms. The average Bonchev–Trinajstić information content (AvgIpc) is 3.19. The van der Waals surface area contributed by atoms with Gasteiger partial charge in [-0.05, 0) is 55.5 Å². The van der Waals surface area contributed by atoms with E-state index in [-0.39, 0.29) is 29.4 Å². The van der Waals surface area contributed by atoms with Gasteiger partial charge in [0.25, 0.3) is 0 Å². The molecule has 0 saturated carbocycles. The molecule has 224 valence electrons. The molecule has 0 amide bonds. The molecule has 9 nitrogen and oxygen atoms in total. The van der Waals surface area contributed by atoms with Crippen molar-refractivity contribution in [3.63, 3.8) is 0 Å². The van der Waals surface area contributed by atoms with E-state index in [1.807, 2.05) is 27.0 Å². The Labute approximate surface area is 247 Å². The molecule has 2 N–H and O–H groups in total. The minimum atomic E-state index is -1.07. The number of aromatic amines is 1. The Morgan fingerprint density at radius 3 is 2.69 bits per heavy atom. The number of pyridine rings is 1. The summed E-state index contributed by atoms with van der Waals surface area (Å²) in [5, 5.41) is 19.2. The lowest BCUT2D eigenvalue weighted by molar-refractivity contribution is -0.150. The van der Waals surface area contributed by atoms with Crippen molar-refractivity contribution in [1.29, 1.82) is 0 Å². The van der Waals surface area contributed by atoms with E-state index >= 15 is 0 Å². The van der Waals surface area contributed by atoms with Crippen molar-refractivity contribution in [3.8, 4) is 5.75 Å². The van der Waals surface area contributed by atoms with Gasteiger partial charge in [0.2, 0.25) is 5.56 Å². The quantitative estimate of drug-likeness (QED) is 0.396. The minimum Gasteiger partial charge on any atom is -0.487 e. The molecule has 1 aromatic carbocycles. The zero-order chi connectivity index (χ0) is 30.6. The molecule has 0 saturated heterocycles. The molecule has 0 spiro atoms. The predicted octanol–water partition coefficient (Wildman–Crippen LogP) is 5.26. The van der Waals surface area contributed by atoms with Gasteiger partial charge >= 0.3 is 5.97 Å². The summed E-state index contributed by atoms with van der Waals surface area (Å²) in [6.45, 7) is 16.2. The summed E-state index contributed by atoms with van der Waals surface area (Å²) < 4.78 is 8.11. The van der Waals surface area contributed by atoms with Gasteiger partial charge in [-0.3, -0.25) is 14.5 Å². The molecule has 3 heterocycles. The van der Waals surface area contributed by atoms with Crippen LogP contribution in [-0.2, 0) is 24.9 Å². The predicted molar refractivity (Wildman–Crippen MR) is 162 cm³/mol. The number of carboxylic acid groups (broad SMARTS) is 1. The second kappa shape index (κ2) is 10.8. The van der Waals surface area contributed by atoms with Gasteiger partial charge in [-0.15, -0.1) is 5.10 Å². The van der Waals surface area contributed by atoms with E-state index in [4.69, 9.17) is 4.74 Å². The maximum Gasteiger partial charge on any atom is 0.309 e. The second-order valence-corrected chi connectivity index (χ2v) is 13.3. The number of allylic oxidation sites excluding steroid dienone is 1. The molecule has 9 heteroatoms.